The van der Waals surface area contributed by atoms with E-state index in [1.54, 1.807) is 0 Å². The maximum Gasteiger partial charge on any atom is 0.114 e. The lowest BCUT2D eigenvalue weighted by Gasteiger charge is -2.22. The van der Waals surface area contributed by atoms with Crippen molar-refractivity contribution in [2.75, 3.05) is 13.2 Å². The fourth-order valence-electron chi connectivity index (χ4n) is 3.19. The molecule has 0 saturated heterocycles. The van der Waals surface area contributed by atoms with Crippen LogP contribution in [0.5, 0.6) is 0 Å². The van der Waals surface area contributed by atoms with Crippen LogP contribution < -0.4 is 5.32 Å². The zero-order valence-electron chi connectivity index (χ0n) is 21.1. The highest BCUT2D eigenvalue weighted by atomic mass is 33.1. The van der Waals surface area contributed by atoms with Gasteiger partial charge in [-0.25, -0.2) is 0 Å². The first-order valence-electron chi connectivity index (χ1n) is 12.5. The van der Waals surface area contributed by atoms with Gasteiger partial charge in [0.15, 0.2) is 0 Å². The van der Waals surface area contributed by atoms with E-state index in [9.17, 15) is 0 Å². The Morgan fingerprint density at radius 3 is 2.23 bits per heavy atom. The minimum atomic E-state index is 0.223. The zero-order valence-corrected chi connectivity index (χ0v) is 22.8. The smallest absolute Gasteiger partial charge is 0.114 e. The van der Waals surface area contributed by atoms with Crippen LogP contribution in [0.15, 0.2) is 0 Å². The van der Waals surface area contributed by atoms with Crippen LogP contribution in [0.3, 0.4) is 0 Å². The van der Waals surface area contributed by atoms with E-state index in [1.807, 2.05) is 21.6 Å². The van der Waals surface area contributed by atoms with Crippen molar-refractivity contribution in [3.8, 4) is 11.8 Å². The van der Waals surface area contributed by atoms with E-state index in [2.05, 4.69) is 65.6 Å². The second kappa shape index (κ2) is 19.8. The Hall–Kier alpha value is 0.180. The summed E-state index contributed by atoms with van der Waals surface area (Å²) in [5.74, 6) is 7.37. The molecule has 0 aromatic carbocycles. The standard InChI is InChI=1S/C26H51NOS2/c1-8-11-13-17-23(4)27-21-14-20-25(29-30-26(5,6)7)28-22-15-19-24(16-10-3)18-12-9-2/h23-25,27H,8-14,16-18,20-22H2,1-7H3/t23?,24?,25-/m1/s1. The monoisotopic (exact) mass is 457 g/mol. The van der Waals surface area contributed by atoms with Gasteiger partial charge in [0.2, 0.25) is 0 Å². The molecule has 0 rings (SSSR count). The van der Waals surface area contributed by atoms with Crippen LogP contribution in [0, 0.1) is 17.8 Å². The van der Waals surface area contributed by atoms with Crippen molar-refractivity contribution in [3.05, 3.63) is 0 Å². The quantitative estimate of drug-likeness (QED) is 0.0963. The van der Waals surface area contributed by atoms with Gasteiger partial charge in [0, 0.05) is 16.7 Å². The van der Waals surface area contributed by atoms with Gasteiger partial charge in [-0.15, -0.1) is 0 Å². The van der Waals surface area contributed by atoms with Crippen molar-refractivity contribution in [2.24, 2.45) is 5.92 Å². The molecule has 0 aromatic rings. The number of ether oxygens (including phenoxy) is 1. The number of hydrogen-bond donors (Lipinski definition) is 1. The molecule has 2 unspecified atom stereocenters. The molecule has 30 heavy (non-hydrogen) atoms. The molecular formula is C26H51NOS2. The summed E-state index contributed by atoms with van der Waals surface area (Å²) in [7, 11) is 3.81. The highest BCUT2D eigenvalue weighted by Crippen LogP contribution is 2.39. The van der Waals surface area contributed by atoms with E-state index in [-0.39, 0.29) is 10.2 Å². The lowest BCUT2D eigenvalue weighted by Crippen LogP contribution is -2.27. The third-order valence-electron chi connectivity index (χ3n) is 4.95. The first-order chi connectivity index (χ1) is 14.3. The molecule has 2 nitrogen and oxygen atoms in total. The van der Waals surface area contributed by atoms with Gasteiger partial charge < -0.3 is 10.1 Å². The van der Waals surface area contributed by atoms with Crippen LogP contribution in [0.1, 0.15) is 119 Å². The second-order valence-corrected chi connectivity index (χ2v) is 12.7. The highest BCUT2D eigenvalue weighted by molar-refractivity contribution is 8.77. The van der Waals surface area contributed by atoms with E-state index in [1.165, 1.54) is 57.8 Å². The molecule has 0 aliphatic rings. The molecule has 0 amide bonds. The molecule has 0 radical (unpaired) electrons. The van der Waals surface area contributed by atoms with Gasteiger partial charge in [0.25, 0.3) is 0 Å². The Balaban J connectivity index is 4.38. The van der Waals surface area contributed by atoms with Crippen LogP contribution in [0.2, 0.25) is 0 Å². The summed E-state index contributed by atoms with van der Waals surface area (Å²) < 4.78 is 6.44. The molecule has 0 bridgehead atoms. The number of rotatable bonds is 18. The van der Waals surface area contributed by atoms with Crippen LogP contribution >= 0.6 is 21.6 Å². The van der Waals surface area contributed by atoms with Crippen molar-refractivity contribution in [1.29, 1.82) is 0 Å². The normalized spacial score (nSPS) is 14.8. The fraction of sp³-hybridized carbons (Fsp3) is 0.923. The fourth-order valence-corrected chi connectivity index (χ4v) is 5.61. The van der Waals surface area contributed by atoms with E-state index < -0.39 is 0 Å². The van der Waals surface area contributed by atoms with Crippen LogP contribution in [-0.4, -0.2) is 29.4 Å². The summed E-state index contributed by atoms with van der Waals surface area (Å²) in [6.07, 6.45) is 13.7. The molecule has 0 aliphatic carbocycles. The SMILES string of the molecule is CCCCCC(C)NCCC[C@H](OCC#CC(CCC)CCCC)SSC(C)(C)C. The van der Waals surface area contributed by atoms with Gasteiger partial charge in [-0.1, -0.05) is 113 Å². The zero-order chi connectivity index (χ0) is 22.7. The third kappa shape index (κ3) is 20.1. The molecule has 3 atom stereocenters. The average molecular weight is 458 g/mol. The Kier molecular flexibility index (Phi) is 20.0. The lowest BCUT2D eigenvalue weighted by atomic mass is 9.98. The molecule has 0 spiro atoms. The molecule has 178 valence electrons. The molecule has 0 heterocycles. The Morgan fingerprint density at radius 1 is 0.867 bits per heavy atom. The summed E-state index contributed by atoms with van der Waals surface area (Å²) in [6.45, 7) is 17.5. The second-order valence-electron chi connectivity index (χ2n) is 9.47. The molecule has 0 aliphatic heterocycles. The Labute approximate surface area is 197 Å². The van der Waals surface area contributed by atoms with Crippen LogP contribution in [0.4, 0.5) is 0 Å². The van der Waals surface area contributed by atoms with Crippen molar-refractivity contribution >= 4 is 21.6 Å². The first kappa shape index (κ1) is 30.2. The van der Waals surface area contributed by atoms with Crippen molar-refractivity contribution in [1.82, 2.24) is 5.32 Å². The minimum Gasteiger partial charge on any atom is -0.354 e. The van der Waals surface area contributed by atoms with Crippen molar-refractivity contribution in [2.45, 2.75) is 135 Å². The van der Waals surface area contributed by atoms with Crippen molar-refractivity contribution in [3.63, 3.8) is 0 Å². The molecule has 1 N–H and O–H groups in total. The van der Waals surface area contributed by atoms with E-state index in [0.717, 1.165) is 19.4 Å². The Morgan fingerprint density at radius 2 is 1.60 bits per heavy atom. The highest BCUT2D eigenvalue weighted by Gasteiger charge is 2.17. The van der Waals surface area contributed by atoms with E-state index in [4.69, 9.17) is 4.74 Å². The molecule has 0 aromatic heterocycles. The first-order valence-corrected chi connectivity index (χ1v) is 14.7. The average Bonchev–Trinajstić information content (AvgIpc) is 2.69. The Bertz CT molecular complexity index is 439. The van der Waals surface area contributed by atoms with Gasteiger partial charge in [-0.3, -0.25) is 0 Å². The summed E-state index contributed by atoms with van der Waals surface area (Å²) in [4.78, 5) is 0. The maximum absolute atomic E-state index is 6.20. The van der Waals surface area contributed by atoms with Gasteiger partial charge >= 0.3 is 0 Å². The predicted octanol–water partition coefficient (Wildman–Crippen LogP) is 8.46. The number of unbranched alkanes of at least 4 members (excludes halogenated alkanes) is 3. The molecular weight excluding hydrogens is 406 g/mol. The maximum atomic E-state index is 6.20. The van der Waals surface area contributed by atoms with E-state index >= 15 is 0 Å². The van der Waals surface area contributed by atoms with E-state index in [0.29, 0.717) is 18.6 Å². The topological polar surface area (TPSA) is 21.3 Å². The van der Waals surface area contributed by atoms with Gasteiger partial charge in [-0.2, -0.15) is 0 Å². The summed E-state index contributed by atoms with van der Waals surface area (Å²) in [5, 5.41) is 3.69. The largest absolute Gasteiger partial charge is 0.354 e. The molecule has 4 heteroatoms. The summed E-state index contributed by atoms with van der Waals surface area (Å²) in [5.41, 5.74) is 0.223. The van der Waals surface area contributed by atoms with Crippen LogP contribution in [0.25, 0.3) is 0 Å². The van der Waals surface area contributed by atoms with Gasteiger partial charge in [0.05, 0.1) is 0 Å². The van der Waals surface area contributed by atoms with Gasteiger partial charge in [-0.05, 0) is 45.6 Å². The lowest BCUT2D eigenvalue weighted by molar-refractivity contribution is 0.136. The van der Waals surface area contributed by atoms with Gasteiger partial charge in [0.1, 0.15) is 12.0 Å². The molecule has 0 fully saturated rings. The number of hydrogen-bond acceptors (Lipinski definition) is 4. The van der Waals surface area contributed by atoms with Crippen LogP contribution in [-0.2, 0) is 4.74 Å². The summed E-state index contributed by atoms with van der Waals surface area (Å²) in [6, 6.07) is 0.622. The van der Waals surface area contributed by atoms with Crippen molar-refractivity contribution < 1.29 is 4.74 Å². The summed E-state index contributed by atoms with van der Waals surface area (Å²) >= 11 is 0. The number of nitrogens with one attached hydrogen (secondary N) is 1. The predicted molar refractivity (Wildman–Crippen MR) is 141 cm³/mol. The molecule has 0 saturated carbocycles. The third-order valence-corrected chi connectivity index (χ3v) is 8.56. The minimum absolute atomic E-state index is 0.223.